The highest BCUT2D eigenvalue weighted by Gasteiger charge is 2.03. The second-order valence-electron chi connectivity index (χ2n) is 10.1. The molecule has 0 aliphatic carbocycles. The Morgan fingerprint density at radius 2 is 0.897 bits per heavy atom. The van der Waals surface area contributed by atoms with Gasteiger partial charge in [0.05, 0.1) is 39.6 Å². The molecule has 0 fully saturated rings. The first-order valence-electron chi connectivity index (χ1n) is 15.4. The van der Waals surface area contributed by atoms with Gasteiger partial charge in [-0.25, -0.2) is 0 Å². The quantitative estimate of drug-likeness (QED) is 0.118. The molecule has 0 aliphatic heterocycles. The molecule has 0 aromatic rings. The van der Waals surface area contributed by atoms with Crippen LogP contribution < -0.4 is 10.6 Å². The van der Waals surface area contributed by atoms with Gasteiger partial charge in [0.2, 0.25) is 11.8 Å². The zero-order valence-corrected chi connectivity index (χ0v) is 25.0. The molecule has 0 radical (unpaired) electrons. The van der Waals surface area contributed by atoms with E-state index in [1.165, 1.54) is 84.0 Å². The molecule has 39 heavy (non-hydrogen) atoms. The van der Waals surface area contributed by atoms with Crippen LogP contribution in [0.25, 0.3) is 0 Å². The van der Waals surface area contributed by atoms with Gasteiger partial charge in [-0.05, 0) is 13.3 Å². The fourth-order valence-electron chi connectivity index (χ4n) is 3.97. The maximum atomic E-state index is 11.9. The summed E-state index contributed by atoms with van der Waals surface area (Å²) in [5, 5.41) is 5.57. The summed E-state index contributed by atoms with van der Waals surface area (Å²) >= 11 is 0. The molecule has 0 heterocycles. The Morgan fingerprint density at radius 3 is 1.38 bits per heavy atom. The van der Waals surface area contributed by atoms with Gasteiger partial charge < -0.3 is 29.6 Å². The molecule has 0 spiro atoms. The molecule has 0 saturated carbocycles. The van der Waals surface area contributed by atoms with E-state index in [0.29, 0.717) is 59.2 Å². The molecule has 0 saturated heterocycles. The van der Waals surface area contributed by atoms with Crippen LogP contribution in [-0.2, 0) is 33.3 Å². The summed E-state index contributed by atoms with van der Waals surface area (Å²) in [6, 6.07) is 0. The van der Waals surface area contributed by atoms with Crippen molar-refractivity contribution in [2.45, 2.75) is 110 Å². The number of carbonyl (C=O) groups is 3. The van der Waals surface area contributed by atoms with Crippen LogP contribution in [0.2, 0.25) is 0 Å². The average molecular weight is 559 g/mol. The van der Waals surface area contributed by atoms with Gasteiger partial charge >= 0.3 is 0 Å². The standard InChI is InChI=1S/C30H58N2O7/c1-3-4-5-6-7-8-9-10-11-12-13-14-15-16-17-29(34)31-18-20-36-23-25-39-27-30(35)32-19-21-37-22-24-38-26-28(2)33/h3-27H2,1-2H3,(H,31,34)(H,32,35). The van der Waals surface area contributed by atoms with E-state index < -0.39 is 0 Å². The molecule has 2 N–H and O–H groups in total. The highest BCUT2D eigenvalue weighted by Crippen LogP contribution is 2.13. The lowest BCUT2D eigenvalue weighted by molar-refractivity contribution is -0.127. The van der Waals surface area contributed by atoms with E-state index in [0.717, 1.165) is 12.8 Å². The minimum absolute atomic E-state index is 0.0231. The maximum Gasteiger partial charge on any atom is 0.246 e. The summed E-state index contributed by atoms with van der Waals surface area (Å²) in [5.74, 6) is -0.162. The molecule has 0 unspecified atom stereocenters. The highest BCUT2D eigenvalue weighted by molar-refractivity contribution is 5.77. The Hall–Kier alpha value is -1.55. The SMILES string of the molecule is CCCCCCCCCCCCCCCCC(=O)NCCOCCOCC(=O)NCCOCCOCC(C)=O. The van der Waals surface area contributed by atoms with Gasteiger partial charge in [0.25, 0.3) is 0 Å². The summed E-state index contributed by atoms with van der Waals surface area (Å²) in [7, 11) is 0. The van der Waals surface area contributed by atoms with E-state index in [2.05, 4.69) is 17.6 Å². The summed E-state index contributed by atoms with van der Waals surface area (Å²) in [6.07, 6.45) is 18.9. The van der Waals surface area contributed by atoms with Crippen LogP contribution in [0.15, 0.2) is 0 Å². The minimum Gasteiger partial charge on any atom is -0.377 e. The van der Waals surface area contributed by atoms with Gasteiger partial charge in [-0.2, -0.15) is 0 Å². The van der Waals surface area contributed by atoms with Gasteiger partial charge in [0, 0.05) is 19.5 Å². The summed E-state index contributed by atoms with van der Waals surface area (Å²) < 4.78 is 21.1. The van der Waals surface area contributed by atoms with Crippen LogP contribution in [0, 0.1) is 0 Å². The fraction of sp³-hybridized carbons (Fsp3) is 0.900. The molecule has 0 aromatic heterocycles. The Morgan fingerprint density at radius 1 is 0.487 bits per heavy atom. The van der Waals surface area contributed by atoms with E-state index >= 15 is 0 Å². The van der Waals surface area contributed by atoms with E-state index in [1.807, 2.05) is 0 Å². The number of ketones is 1. The molecule has 0 rings (SSSR count). The van der Waals surface area contributed by atoms with Crippen molar-refractivity contribution in [2.24, 2.45) is 0 Å². The lowest BCUT2D eigenvalue weighted by Gasteiger charge is -2.08. The summed E-state index contributed by atoms with van der Waals surface area (Å²) in [4.78, 5) is 34.3. The van der Waals surface area contributed by atoms with Crippen molar-refractivity contribution in [3.63, 3.8) is 0 Å². The number of unbranched alkanes of at least 4 members (excludes halogenated alkanes) is 13. The number of ether oxygens (including phenoxy) is 4. The molecule has 2 amide bonds. The third kappa shape index (κ3) is 32.6. The molecule has 0 aromatic carbocycles. The zero-order chi connectivity index (χ0) is 28.7. The van der Waals surface area contributed by atoms with Gasteiger partial charge in [-0.3, -0.25) is 14.4 Å². The van der Waals surface area contributed by atoms with E-state index in [-0.39, 0.29) is 30.8 Å². The molecule has 0 atom stereocenters. The number of rotatable bonds is 31. The molecular formula is C30H58N2O7. The fourth-order valence-corrected chi connectivity index (χ4v) is 3.97. The van der Waals surface area contributed by atoms with Crippen LogP contribution in [0.4, 0.5) is 0 Å². The molecule has 9 nitrogen and oxygen atoms in total. The van der Waals surface area contributed by atoms with Crippen molar-refractivity contribution in [3.8, 4) is 0 Å². The Balaban J connectivity index is 3.26. The van der Waals surface area contributed by atoms with Crippen molar-refractivity contribution in [1.29, 1.82) is 0 Å². The smallest absolute Gasteiger partial charge is 0.246 e. The minimum atomic E-state index is -0.220. The molecule has 230 valence electrons. The van der Waals surface area contributed by atoms with Crippen LogP contribution in [0.5, 0.6) is 0 Å². The van der Waals surface area contributed by atoms with Crippen LogP contribution in [-0.4, -0.2) is 83.5 Å². The lowest BCUT2D eigenvalue weighted by atomic mass is 10.0. The topological polar surface area (TPSA) is 112 Å². The number of carbonyl (C=O) groups excluding carboxylic acids is 3. The van der Waals surface area contributed by atoms with E-state index in [4.69, 9.17) is 18.9 Å². The summed E-state index contributed by atoms with van der Waals surface area (Å²) in [5.41, 5.74) is 0. The van der Waals surface area contributed by atoms with Gasteiger partial charge in [0.15, 0.2) is 5.78 Å². The molecule has 0 aliphatic rings. The average Bonchev–Trinajstić information content (AvgIpc) is 2.91. The summed E-state index contributed by atoms with van der Waals surface area (Å²) in [6.45, 7) is 6.83. The maximum absolute atomic E-state index is 11.9. The first-order valence-corrected chi connectivity index (χ1v) is 15.4. The zero-order valence-electron chi connectivity index (χ0n) is 25.0. The normalized spacial score (nSPS) is 11.0. The van der Waals surface area contributed by atoms with Crippen LogP contribution >= 0.6 is 0 Å². The molecule has 9 heteroatoms. The second-order valence-corrected chi connectivity index (χ2v) is 10.1. The first-order chi connectivity index (χ1) is 19.1. The van der Waals surface area contributed by atoms with Crippen molar-refractivity contribution >= 4 is 17.6 Å². The second kappa shape index (κ2) is 31.0. The monoisotopic (exact) mass is 558 g/mol. The predicted octanol–water partition coefficient (Wildman–Crippen LogP) is 4.75. The van der Waals surface area contributed by atoms with Crippen molar-refractivity contribution < 1.29 is 33.3 Å². The number of Topliss-reactive ketones (excluding diaryl/α,β-unsaturated/α-hetero) is 1. The molecular weight excluding hydrogens is 500 g/mol. The molecule has 0 bridgehead atoms. The van der Waals surface area contributed by atoms with Crippen molar-refractivity contribution in [1.82, 2.24) is 10.6 Å². The third-order valence-corrected chi connectivity index (χ3v) is 6.18. The van der Waals surface area contributed by atoms with E-state index in [9.17, 15) is 14.4 Å². The van der Waals surface area contributed by atoms with Gasteiger partial charge in [0.1, 0.15) is 13.2 Å². The highest BCUT2D eigenvalue weighted by atomic mass is 16.5. The third-order valence-electron chi connectivity index (χ3n) is 6.18. The lowest BCUT2D eigenvalue weighted by Crippen LogP contribution is -2.31. The Bertz CT molecular complexity index is 576. The van der Waals surface area contributed by atoms with Gasteiger partial charge in [-0.1, -0.05) is 90.4 Å². The number of hydrogen-bond acceptors (Lipinski definition) is 7. The van der Waals surface area contributed by atoms with E-state index in [1.54, 1.807) is 0 Å². The van der Waals surface area contributed by atoms with Gasteiger partial charge in [-0.15, -0.1) is 0 Å². The predicted molar refractivity (Wildman–Crippen MR) is 155 cm³/mol. The number of hydrogen-bond donors (Lipinski definition) is 2. The van der Waals surface area contributed by atoms with Crippen molar-refractivity contribution in [3.05, 3.63) is 0 Å². The van der Waals surface area contributed by atoms with Crippen molar-refractivity contribution in [2.75, 3.05) is 65.9 Å². The first kappa shape index (κ1) is 37.5. The number of nitrogens with one attached hydrogen (secondary N) is 2. The Kier molecular flexibility index (Phi) is 29.8. The van der Waals surface area contributed by atoms with Crippen LogP contribution in [0.3, 0.4) is 0 Å². The number of amides is 2. The van der Waals surface area contributed by atoms with Crippen LogP contribution in [0.1, 0.15) is 110 Å². The largest absolute Gasteiger partial charge is 0.377 e. The Labute approximate surface area is 237 Å².